The number of rotatable bonds is 6. The van der Waals surface area contributed by atoms with Gasteiger partial charge < -0.3 is 10.1 Å². The molecule has 1 aromatic carbocycles. The number of carbonyl (C=O) groups is 1. The molecule has 0 bridgehead atoms. The van der Waals surface area contributed by atoms with Gasteiger partial charge in [0.05, 0.1) is 23.4 Å². The molecule has 150 valence electrons. The second kappa shape index (κ2) is 7.78. The first-order valence-electron chi connectivity index (χ1n) is 8.78. The van der Waals surface area contributed by atoms with Crippen molar-refractivity contribution >= 4 is 23.1 Å². The van der Waals surface area contributed by atoms with E-state index in [1.165, 1.54) is 29.0 Å². The summed E-state index contributed by atoms with van der Waals surface area (Å²) in [5.74, 6) is 0.280. The SMILES string of the molecule is O=C(Nc1ccc(-c2ccc(C(F)(F)F)cc2OCC2CC2)nn1)c1cscn1. The molecule has 0 atom stereocenters. The summed E-state index contributed by atoms with van der Waals surface area (Å²) in [7, 11) is 0. The van der Waals surface area contributed by atoms with Crippen molar-refractivity contribution in [1.82, 2.24) is 15.2 Å². The van der Waals surface area contributed by atoms with Crippen LogP contribution in [0, 0.1) is 5.92 Å². The number of carbonyl (C=O) groups excluding carboxylic acids is 1. The lowest BCUT2D eigenvalue weighted by Gasteiger charge is -2.14. The van der Waals surface area contributed by atoms with Gasteiger partial charge in [-0.15, -0.1) is 21.5 Å². The van der Waals surface area contributed by atoms with Gasteiger partial charge in [0.25, 0.3) is 5.91 Å². The Morgan fingerprint density at radius 1 is 1.21 bits per heavy atom. The summed E-state index contributed by atoms with van der Waals surface area (Å²) in [6, 6.07) is 6.38. The molecule has 3 aromatic rings. The Kier molecular flexibility index (Phi) is 5.18. The van der Waals surface area contributed by atoms with Crippen LogP contribution in [0.2, 0.25) is 0 Å². The lowest BCUT2D eigenvalue weighted by atomic mass is 10.1. The van der Waals surface area contributed by atoms with E-state index in [1.807, 2.05) is 0 Å². The molecule has 1 fully saturated rings. The molecule has 0 saturated heterocycles. The lowest BCUT2D eigenvalue weighted by molar-refractivity contribution is -0.137. The summed E-state index contributed by atoms with van der Waals surface area (Å²) in [5, 5.41) is 12.1. The highest BCUT2D eigenvalue weighted by Gasteiger charge is 2.32. The van der Waals surface area contributed by atoms with Crippen LogP contribution in [0.25, 0.3) is 11.3 Å². The summed E-state index contributed by atoms with van der Waals surface area (Å²) in [6.07, 6.45) is -2.44. The van der Waals surface area contributed by atoms with Gasteiger partial charge >= 0.3 is 6.18 Å². The van der Waals surface area contributed by atoms with Crippen molar-refractivity contribution in [2.45, 2.75) is 19.0 Å². The minimum atomic E-state index is -4.47. The Hall–Kier alpha value is -3.01. The van der Waals surface area contributed by atoms with Crippen LogP contribution in [0.5, 0.6) is 5.75 Å². The van der Waals surface area contributed by atoms with Crippen molar-refractivity contribution < 1.29 is 22.7 Å². The molecule has 0 unspecified atom stereocenters. The maximum absolute atomic E-state index is 13.1. The summed E-state index contributed by atoms with van der Waals surface area (Å²) in [6.45, 7) is 0.365. The van der Waals surface area contributed by atoms with Gasteiger partial charge in [-0.25, -0.2) is 4.98 Å². The Morgan fingerprint density at radius 3 is 2.66 bits per heavy atom. The molecule has 2 heterocycles. The third kappa shape index (κ3) is 4.70. The fourth-order valence-corrected chi connectivity index (χ4v) is 3.10. The van der Waals surface area contributed by atoms with E-state index in [0.717, 1.165) is 25.0 Å². The first-order valence-corrected chi connectivity index (χ1v) is 9.72. The Labute approximate surface area is 167 Å². The van der Waals surface area contributed by atoms with Crippen molar-refractivity contribution in [3.8, 4) is 17.0 Å². The van der Waals surface area contributed by atoms with Gasteiger partial charge in [0, 0.05) is 10.9 Å². The fraction of sp³-hybridized carbons (Fsp3) is 0.263. The summed E-state index contributed by atoms with van der Waals surface area (Å²) < 4.78 is 44.9. The number of thiazole rings is 1. The number of halogens is 3. The molecule has 0 aliphatic heterocycles. The van der Waals surface area contributed by atoms with Gasteiger partial charge in [0.15, 0.2) is 5.82 Å². The second-order valence-electron chi connectivity index (χ2n) is 6.59. The lowest BCUT2D eigenvalue weighted by Crippen LogP contribution is -2.13. The molecule has 1 saturated carbocycles. The van der Waals surface area contributed by atoms with E-state index in [9.17, 15) is 18.0 Å². The van der Waals surface area contributed by atoms with E-state index >= 15 is 0 Å². The first kappa shape index (κ1) is 19.3. The van der Waals surface area contributed by atoms with Crippen LogP contribution in [0.3, 0.4) is 0 Å². The third-order valence-corrected chi connectivity index (χ3v) is 4.91. The highest BCUT2D eigenvalue weighted by Crippen LogP contribution is 2.38. The summed E-state index contributed by atoms with van der Waals surface area (Å²) in [4.78, 5) is 15.9. The summed E-state index contributed by atoms with van der Waals surface area (Å²) >= 11 is 1.29. The van der Waals surface area contributed by atoms with Crippen LogP contribution in [0.1, 0.15) is 28.9 Å². The highest BCUT2D eigenvalue weighted by molar-refractivity contribution is 7.07. The molecule has 10 heteroatoms. The number of anilines is 1. The van der Waals surface area contributed by atoms with Gasteiger partial charge in [-0.2, -0.15) is 13.2 Å². The van der Waals surface area contributed by atoms with E-state index in [-0.39, 0.29) is 17.3 Å². The molecule has 0 spiro atoms. The molecule has 2 aromatic heterocycles. The third-order valence-electron chi connectivity index (χ3n) is 4.33. The normalized spacial score (nSPS) is 13.9. The molecular formula is C19H15F3N4O2S. The Morgan fingerprint density at radius 2 is 2.03 bits per heavy atom. The van der Waals surface area contributed by atoms with Crippen LogP contribution in [0.15, 0.2) is 41.2 Å². The quantitative estimate of drug-likeness (QED) is 0.628. The second-order valence-corrected chi connectivity index (χ2v) is 7.31. The van der Waals surface area contributed by atoms with Crippen LogP contribution in [-0.4, -0.2) is 27.7 Å². The standard InChI is InChI=1S/C19H15F3N4O2S/c20-19(21,22)12-3-4-13(16(7-12)28-8-11-1-2-11)14-5-6-17(26-25-14)24-18(27)15-9-29-10-23-15/h3-7,9-11H,1-2,8H2,(H,24,26,27). The van der Waals surface area contributed by atoms with Crippen molar-refractivity contribution in [2.24, 2.45) is 5.92 Å². The molecule has 1 aliphatic carbocycles. The van der Waals surface area contributed by atoms with Crippen molar-refractivity contribution in [3.05, 3.63) is 52.5 Å². The van der Waals surface area contributed by atoms with Crippen LogP contribution in [-0.2, 0) is 6.18 Å². The number of aromatic nitrogens is 3. The zero-order valence-electron chi connectivity index (χ0n) is 14.9. The average molecular weight is 420 g/mol. The predicted octanol–water partition coefficient (Wildman–Crippen LogP) is 4.66. The fourth-order valence-electron chi connectivity index (χ4n) is 2.57. The van der Waals surface area contributed by atoms with Crippen molar-refractivity contribution in [2.75, 3.05) is 11.9 Å². The molecular weight excluding hydrogens is 405 g/mol. The maximum atomic E-state index is 13.1. The number of hydrogen-bond donors (Lipinski definition) is 1. The minimum Gasteiger partial charge on any atom is -0.493 e. The van der Waals surface area contributed by atoms with Gasteiger partial charge in [-0.3, -0.25) is 4.79 Å². The molecule has 1 amide bonds. The van der Waals surface area contributed by atoms with Gasteiger partial charge in [-0.05, 0) is 49.1 Å². The average Bonchev–Trinajstić information content (AvgIpc) is 3.36. The molecule has 1 aliphatic rings. The zero-order chi connectivity index (χ0) is 20.4. The number of nitrogens with zero attached hydrogens (tertiary/aromatic N) is 3. The molecule has 1 N–H and O–H groups in total. The maximum Gasteiger partial charge on any atom is 0.416 e. The minimum absolute atomic E-state index is 0.111. The van der Waals surface area contributed by atoms with Gasteiger partial charge in [0.2, 0.25) is 0 Å². The molecule has 4 rings (SSSR count). The van der Waals surface area contributed by atoms with Gasteiger partial charge in [0.1, 0.15) is 11.4 Å². The highest BCUT2D eigenvalue weighted by atomic mass is 32.1. The number of alkyl halides is 3. The van der Waals surface area contributed by atoms with E-state index in [0.29, 0.717) is 23.8 Å². The van der Waals surface area contributed by atoms with Gasteiger partial charge in [-0.1, -0.05) is 0 Å². The number of hydrogen-bond acceptors (Lipinski definition) is 6. The van der Waals surface area contributed by atoms with E-state index in [1.54, 1.807) is 11.4 Å². The first-order chi connectivity index (χ1) is 13.9. The molecule has 29 heavy (non-hydrogen) atoms. The molecule has 0 radical (unpaired) electrons. The Bertz CT molecular complexity index is 1000. The largest absolute Gasteiger partial charge is 0.493 e. The smallest absolute Gasteiger partial charge is 0.416 e. The zero-order valence-corrected chi connectivity index (χ0v) is 15.8. The number of nitrogens with one attached hydrogen (secondary N) is 1. The number of ether oxygens (including phenoxy) is 1. The van der Waals surface area contributed by atoms with Crippen molar-refractivity contribution in [3.63, 3.8) is 0 Å². The van der Waals surface area contributed by atoms with E-state index < -0.39 is 17.6 Å². The van der Waals surface area contributed by atoms with Crippen molar-refractivity contribution in [1.29, 1.82) is 0 Å². The van der Waals surface area contributed by atoms with Crippen LogP contribution in [0.4, 0.5) is 19.0 Å². The monoisotopic (exact) mass is 420 g/mol. The molecule has 6 nitrogen and oxygen atoms in total. The van der Waals surface area contributed by atoms with Crippen LogP contribution >= 0.6 is 11.3 Å². The predicted molar refractivity (Wildman–Crippen MR) is 101 cm³/mol. The number of benzene rings is 1. The van der Waals surface area contributed by atoms with Crippen LogP contribution < -0.4 is 10.1 Å². The van der Waals surface area contributed by atoms with E-state index in [4.69, 9.17) is 4.74 Å². The Balaban J connectivity index is 1.56. The summed E-state index contributed by atoms with van der Waals surface area (Å²) in [5.41, 5.74) is 1.77. The van der Waals surface area contributed by atoms with E-state index in [2.05, 4.69) is 20.5 Å². The number of amides is 1. The topological polar surface area (TPSA) is 77.0 Å².